The van der Waals surface area contributed by atoms with Crippen LogP contribution in [0.2, 0.25) is 0 Å². The first-order valence-corrected chi connectivity index (χ1v) is 11.9. The summed E-state index contributed by atoms with van der Waals surface area (Å²) in [6.07, 6.45) is 2.44. The maximum atomic E-state index is 5.70. The van der Waals surface area contributed by atoms with E-state index in [-0.39, 0.29) is 0 Å². The third-order valence-corrected chi connectivity index (χ3v) is 6.70. The summed E-state index contributed by atoms with van der Waals surface area (Å²) in [5, 5.41) is 11.9. The minimum Gasteiger partial charge on any atom is -0.497 e. The lowest BCUT2D eigenvalue weighted by Crippen LogP contribution is -2.03. The lowest BCUT2D eigenvalue weighted by molar-refractivity contribution is 0.415. The molecule has 6 nitrogen and oxygen atoms in total. The lowest BCUT2D eigenvalue weighted by atomic mass is 10.2. The molecule has 0 radical (unpaired) electrons. The van der Waals surface area contributed by atoms with E-state index in [1.165, 1.54) is 4.88 Å². The monoisotopic (exact) mass is 460 g/mol. The van der Waals surface area contributed by atoms with Gasteiger partial charge in [-0.2, -0.15) is 0 Å². The number of benzene rings is 2. The van der Waals surface area contributed by atoms with Crippen molar-refractivity contribution in [3.8, 4) is 22.9 Å². The zero-order chi connectivity index (χ0) is 21.8. The second-order valence-corrected chi connectivity index (χ2v) is 8.96. The Morgan fingerprint density at radius 1 is 1.00 bits per heavy atom. The Hall–Kier alpha value is -3.36. The topological polar surface area (TPSA) is 66.0 Å². The van der Waals surface area contributed by atoms with Crippen molar-refractivity contribution in [1.29, 1.82) is 0 Å². The average Bonchev–Trinajstić information content (AvgIpc) is 3.60. The van der Waals surface area contributed by atoms with Crippen LogP contribution >= 0.6 is 23.1 Å². The number of thiophene rings is 1. The normalized spacial score (nSPS) is 11.0. The summed E-state index contributed by atoms with van der Waals surface area (Å²) in [5.41, 5.74) is 2.81. The van der Waals surface area contributed by atoms with E-state index in [0.717, 1.165) is 40.1 Å². The Morgan fingerprint density at radius 2 is 1.84 bits per heavy atom. The average molecular weight is 461 g/mol. The van der Waals surface area contributed by atoms with Crippen molar-refractivity contribution in [2.75, 3.05) is 7.11 Å². The number of aromatic nitrogens is 4. The molecular weight excluding hydrogens is 440 g/mol. The Morgan fingerprint density at radius 3 is 2.59 bits per heavy atom. The molecule has 0 spiro atoms. The van der Waals surface area contributed by atoms with Crippen LogP contribution in [0, 0.1) is 0 Å². The highest BCUT2D eigenvalue weighted by molar-refractivity contribution is 7.98. The van der Waals surface area contributed by atoms with Gasteiger partial charge in [-0.3, -0.25) is 4.57 Å². The molecule has 2 aromatic carbocycles. The second kappa shape index (κ2) is 9.42. The van der Waals surface area contributed by atoms with E-state index in [1.807, 2.05) is 42.5 Å². The summed E-state index contributed by atoms with van der Waals surface area (Å²) in [6.45, 7) is 0. The third kappa shape index (κ3) is 4.46. The van der Waals surface area contributed by atoms with Crippen molar-refractivity contribution in [2.45, 2.75) is 17.3 Å². The molecule has 5 aromatic rings. The number of rotatable bonds is 8. The van der Waals surface area contributed by atoms with E-state index in [2.05, 4.69) is 49.4 Å². The molecule has 0 amide bonds. The van der Waals surface area contributed by atoms with Gasteiger partial charge in [0.15, 0.2) is 5.16 Å². The Bertz CT molecular complexity index is 1280. The fourth-order valence-corrected chi connectivity index (χ4v) is 4.84. The molecule has 0 unspecified atom stereocenters. The SMILES string of the molecule is COc1ccc(-c2nc(CSc3nnc(Cc4cccs4)n3-c3ccccc3)co2)cc1. The number of para-hydroxylation sites is 1. The third-order valence-electron chi connectivity index (χ3n) is 4.87. The van der Waals surface area contributed by atoms with Crippen LogP contribution in [0.5, 0.6) is 5.75 Å². The molecule has 160 valence electrons. The fourth-order valence-electron chi connectivity index (χ4n) is 3.29. The summed E-state index contributed by atoms with van der Waals surface area (Å²) in [4.78, 5) is 5.89. The maximum Gasteiger partial charge on any atom is 0.226 e. The van der Waals surface area contributed by atoms with Gasteiger partial charge in [-0.25, -0.2) is 4.98 Å². The minimum absolute atomic E-state index is 0.589. The number of methoxy groups -OCH3 is 1. The summed E-state index contributed by atoms with van der Waals surface area (Å²) >= 11 is 3.32. The van der Waals surface area contributed by atoms with Gasteiger partial charge in [0.2, 0.25) is 5.89 Å². The molecule has 0 saturated heterocycles. The number of oxazole rings is 1. The van der Waals surface area contributed by atoms with Crippen LogP contribution in [-0.2, 0) is 12.2 Å². The molecule has 0 aliphatic carbocycles. The van der Waals surface area contributed by atoms with Crippen molar-refractivity contribution in [1.82, 2.24) is 19.7 Å². The van der Waals surface area contributed by atoms with E-state index in [1.54, 1.807) is 36.5 Å². The second-order valence-electron chi connectivity index (χ2n) is 6.99. The quantitative estimate of drug-likeness (QED) is 0.270. The largest absolute Gasteiger partial charge is 0.497 e. The van der Waals surface area contributed by atoms with Crippen LogP contribution < -0.4 is 4.74 Å². The van der Waals surface area contributed by atoms with Crippen molar-refractivity contribution in [3.05, 3.63) is 94.8 Å². The summed E-state index contributed by atoms with van der Waals surface area (Å²) in [7, 11) is 1.65. The first kappa shape index (κ1) is 20.5. The minimum atomic E-state index is 0.589. The molecule has 0 fully saturated rings. The van der Waals surface area contributed by atoms with Gasteiger partial charge in [0.05, 0.1) is 12.8 Å². The molecule has 8 heteroatoms. The van der Waals surface area contributed by atoms with Gasteiger partial charge < -0.3 is 9.15 Å². The maximum absolute atomic E-state index is 5.70. The van der Waals surface area contributed by atoms with Crippen LogP contribution in [0.15, 0.2) is 87.9 Å². The Kier molecular flexibility index (Phi) is 6.04. The molecule has 0 bridgehead atoms. The molecule has 0 saturated carbocycles. The fraction of sp³-hybridized carbons (Fsp3) is 0.125. The van der Waals surface area contributed by atoms with Crippen LogP contribution in [0.1, 0.15) is 16.4 Å². The number of nitrogens with zero attached hydrogens (tertiary/aromatic N) is 4. The van der Waals surface area contributed by atoms with Gasteiger partial charge >= 0.3 is 0 Å². The number of hydrogen-bond acceptors (Lipinski definition) is 7. The van der Waals surface area contributed by atoms with Gasteiger partial charge in [-0.05, 0) is 47.8 Å². The molecule has 3 heterocycles. The van der Waals surface area contributed by atoms with Gasteiger partial charge in [0.25, 0.3) is 0 Å². The van der Waals surface area contributed by atoms with E-state index in [4.69, 9.17) is 9.15 Å². The number of ether oxygens (including phenoxy) is 1. The van der Waals surface area contributed by atoms with Crippen molar-refractivity contribution in [2.24, 2.45) is 0 Å². The molecule has 0 aliphatic rings. The zero-order valence-corrected chi connectivity index (χ0v) is 19.0. The molecule has 0 atom stereocenters. The lowest BCUT2D eigenvalue weighted by Gasteiger charge is -2.09. The summed E-state index contributed by atoms with van der Waals surface area (Å²) in [5.74, 6) is 2.94. The van der Waals surface area contributed by atoms with Gasteiger partial charge in [-0.15, -0.1) is 21.5 Å². The smallest absolute Gasteiger partial charge is 0.226 e. The molecule has 3 aromatic heterocycles. The predicted octanol–water partition coefficient (Wildman–Crippen LogP) is 5.88. The van der Waals surface area contributed by atoms with Crippen molar-refractivity contribution < 1.29 is 9.15 Å². The molecule has 0 aliphatic heterocycles. The number of thioether (sulfide) groups is 1. The van der Waals surface area contributed by atoms with Crippen molar-refractivity contribution in [3.63, 3.8) is 0 Å². The van der Waals surface area contributed by atoms with Crippen molar-refractivity contribution >= 4 is 23.1 Å². The van der Waals surface area contributed by atoms with E-state index >= 15 is 0 Å². The van der Waals surface area contributed by atoms with Gasteiger partial charge in [0, 0.05) is 28.3 Å². The highest BCUT2D eigenvalue weighted by Crippen LogP contribution is 2.28. The molecule has 32 heavy (non-hydrogen) atoms. The van der Waals surface area contributed by atoms with Crippen LogP contribution in [-0.4, -0.2) is 26.9 Å². The molecule has 0 N–H and O–H groups in total. The Labute approximate surface area is 193 Å². The van der Waals surface area contributed by atoms with Crippen LogP contribution in [0.25, 0.3) is 17.1 Å². The Balaban J connectivity index is 1.36. The zero-order valence-electron chi connectivity index (χ0n) is 17.3. The summed E-state index contributed by atoms with van der Waals surface area (Å²) in [6, 6.07) is 22.0. The highest BCUT2D eigenvalue weighted by atomic mass is 32.2. The van der Waals surface area contributed by atoms with Crippen LogP contribution in [0.4, 0.5) is 0 Å². The van der Waals surface area contributed by atoms with E-state index in [9.17, 15) is 0 Å². The summed E-state index contributed by atoms with van der Waals surface area (Å²) < 4.78 is 13.0. The number of hydrogen-bond donors (Lipinski definition) is 0. The van der Waals surface area contributed by atoms with E-state index in [0.29, 0.717) is 11.6 Å². The van der Waals surface area contributed by atoms with Gasteiger partial charge in [0.1, 0.15) is 17.8 Å². The molecular formula is C24H20N4O2S2. The first-order chi connectivity index (χ1) is 15.8. The van der Waals surface area contributed by atoms with Crippen LogP contribution in [0.3, 0.4) is 0 Å². The van der Waals surface area contributed by atoms with E-state index < -0.39 is 0 Å². The standard InChI is InChI=1S/C24H20N4O2S2/c1-29-20-11-9-17(10-12-20)23-25-18(15-30-23)16-32-24-27-26-22(14-21-8-5-13-31-21)28(24)19-6-3-2-4-7-19/h2-13,15H,14,16H2,1H3. The first-order valence-electron chi connectivity index (χ1n) is 10.0. The predicted molar refractivity (Wildman–Crippen MR) is 127 cm³/mol. The molecule has 5 rings (SSSR count). The van der Waals surface area contributed by atoms with Gasteiger partial charge in [-0.1, -0.05) is 36.0 Å². The highest BCUT2D eigenvalue weighted by Gasteiger charge is 2.16.